The molecule has 1 aromatic heterocycles. The molecule has 0 saturated carbocycles. The van der Waals surface area contributed by atoms with E-state index in [1.54, 1.807) is 0 Å². The summed E-state index contributed by atoms with van der Waals surface area (Å²) in [5.74, 6) is -2.59. The van der Waals surface area contributed by atoms with Crippen LogP contribution in [0, 0.1) is 0 Å². The molecule has 2 N–H and O–H groups in total. The fraction of sp³-hybridized carbons (Fsp3) is 0.545. The quantitative estimate of drug-likeness (QED) is 0.844. The van der Waals surface area contributed by atoms with Gasteiger partial charge in [-0.25, -0.2) is 9.78 Å². The minimum absolute atomic E-state index is 0.0990. The van der Waals surface area contributed by atoms with Gasteiger partial charge in [0, 0.05) is 0 Å². The van der Waals surface area contributed by atoms with E-state index in [4.69, 9.17) is 5.11 Å². The minimum atomic E-state index is -4.67. The first-order valence-corrected chi connectivity index (χ1v) is 6.59. The van der Waals surface area contributed by atoms with Gasteiger partial charge in [0.05, 0.1) is 17.6 Å². The second-order valence-electron chi connectivity index (χ2n) is 4.05. The molecule has 112 valence electrons. The second kappa shape index (κ2) is 6.69. The molecule has 0 fully saturated rings. The van der Waals surface area contributed by atoms with Crippen LogP contribution in [-0.4, -0.2) is 34.2 Å². The summed E-state index contributed by atoms with van der Waals surface area (Å²) in [5.41, 5.74) is 0. The Morgan fingerprint density at radius 1 is 1.50 bits per heavy atom. The van der Waals surface area contributed by atoms with Crippen molar-refractivity contribution in [1.29, 1.82) is 0 Å². The van der Waals surface area contributed by atoms with E-state index in [9.17, 15) is 22.8 Å². The third-order valence-corrected chi connectivity index (χ3v) is 3.34. The van der Waals surface area contributed by atoms with Crippen LogP contribution in [0.1, 0.15) is 34.4 Å². The van der Waals surface area contributed by atoms with Gasteiger partial charge in [-0.15, -0.1) is 11.3 Å². The average Bonchev–Trinajstić information content (AvgIpc) is 2.75. The first-order valence-electron chi connectivity index (χ1n) is 5.78. The fourth-order valence-electron chi connectivity index (χ4n) is 1.41. The highest BCUT2D eigenvalue weighted by Crippen LogP contribution is 2.22. The van der Waals surface area contributed by atoms with Crippen LogP contribution in [-0.2, 0) is 11.2 Å². The molecular weight excluding hydrogens is 297 g/mol. The summed E-state index contributed by atoms with van der Waals surface area (Å²) in [6.07, 6.45) is -3.58. The number of thiazole rings is 1. The molecule has 0 aliphatic heterocycles. The summed E-state index contributed by atoms with van der Waals surface area (Å²) in [6.45, 7) is 1.92. The molecule has 9 heteroatoms. The van der Waals surface area contributed by atoms with E-state index < -0.39 is 30.5 Å². The molecule has 0 aromatic carbocycles. The summed E-state index contributed by atoms with van der Waals surface area (Å²) in [7, 11) is 0. The zero-order chi connectivity index (χ0) is 15.3. The molecule has 1 heterocycles. The Bertz CT molecular complexity index is 488. The van der Waals surface area contributed by atoms with Crippen LogP contribution in [0.25, 0.3) is 0 Å². The van der Waals surface area contributed by atoms with E-state index in [0.717, 1.165) is 17.8 Å². The van der Waals surface area contributed by atoms with Crippen molar-refractivity contribution in [2.75, 3.05) is 0 Å². The number of aryl methyl sites for hydroxylation is 1. The van der Waals surface area contributed by atoms with Gasteiger partial charge >= 0.3 is 12.1 Å². The summed E-state index contributed by atoms with van der Waals surface area (Å²) in [6, 6.07) is -2.00. The number of alkyl halides is 3. The van der Waals surface area contributed by atoms with Crippen LogP contribution in [0.5, 0.6) is 0 Å². The lowest BCUT2D eigenvalue weighted by molar-refractivity contribution is -0.157. The molecule has 0 saturated heterocycles. The monoisotopic (exact) mass is 310 g/mol. The number of carboxylic acids is 1. The summed E-state index contributed by atoms with van der Waals surface area (Å²) < 4.78 is 36.6. The summed E-state index contributed by atoms with van der Waals surface area (Å²) >= 11 is 1.04. The van der Waals surface area contributed by atoms with E-state index in [1.165, 1.54) is 6.20 Å². The SMILES string of the molecule is CCCc1ncc(C(=O)NC(CC(F)(F)F)C(=O)O)s1. The van der Waals surface area contributed by atoms with Gasteiger partial charge in [-0.05, 0) is 12.8 Å². The second-order valence-corrected chi connectivity index (χ2v) is 5.17. The first kappa shape index (κ1) is 16.4. The van der Waals surface area contributed by atoms with Crippen molar-refractivity contribution in [3.05, 3.63) is 16.1 Å². The molecule has 1 rings (SSSR count). The molecule has 0 radical (unpaired) electrons. The molecule has 1 unspecified atom stereocenters. The number of rotatable bonds is 6. The predicted octanol–water partition coefficient (Wildman–Crippen LogP) is 2.23. The number of nitrogens with one attached hydrogen (secondary N) is 1. The molecule has 1 aromatic rings. The van der Waals surface area contributed by atoms with Crippen LogP contribution < -0.4 is 5.32 Å². The zero-order valence-electron chi connectivity index (χ0n) is 10.5. The van der Waals surface area contributed by atoms with Gasteiger partial charge in [-0.3, -0.25) is 4.79 Å². The van der Waals surface area contributed by atoms with Crippen molar-refractivity contribution >= 4 is 23.2 Å². The minimum Gasteiger partial charge on any atom is -0.480 e. The van der Waals surface area contributed by atoms with Crippen molar-refractivity contribution in [3.63, 3.8) is 0 Å². The fourth-order valence-corrected chi connectivity index (χ4v) is 2.33. The predicted molar refractivity (Wildman–Crippen MR) is 65.7 cm³/mol. The van der Waals surface area contributed by atoms with Gasteiger partial charge in [0.15, 0.2) is 0 Å². The maximum absolute atomic E-state index is 12.2. The Morgan fingerprint density at radius 2 is 2.15 bits per heavy atom. The number of hydrogen-bond acceptors (Lipinski definition) is 4. The molecule has 0 bridgehead atoms. The van der Waals surface area contributed by atoms with Crippen LogP contribution >= 0.6 is 11.3 Å². The number of carboxylic acid groups (broad SMARTS) is 1. The molecule has 0 spiro atoms. The topological polar surface area (TPSA) is 79.3 Å². The number of halogens is 3. The third-order valence-electron chi connectivity index (χ3n) is 2.28. The van der Waals surface area contributed by atoms with Crippen LogP contribution in [0.2, 0.25) is 0 Å². The standard InChI is InChI=1S/C11H13F3N2O3S/c1-2-3-8-15-5-7(20-8)9(17)16-6(10(18)19)4-11(12,13)14/h5-6H,2-4H2,1H3,(H,16,17)(H,18,19). The molecule has 20 heavy (non-hydrogen) atoms. The molecule has 5 nitrogen and oxygen atoms in total. The zero-order valence-corrected chi connectivity index (χ0v) is 11.3. The van der Waals surface area contributed by atoms with Crippen molar-refractivity contribution < 1.29 is 27.9 Å². The highest BCUT2D eigenvalue weighted by Gasteiger charge is 2.36. The van der Waals surface area contributed by atoms with Crippen LogP contribution in [0.4, 0.5) is 13.2 Å². The van der Waals surface area contributed by atoms with Gasteiger partial charge in [0.25, 0.3) is 5.91 Å². The first-order chi connectivity index (χ1) is 9.23. The maximum Gasteiger partial charge on any atom is 0.391 e. The van der Waals surface area contributed by atoms with E-state index in [-0.39, 0.29) is 4.88 Å². The Balaban J connectivity index is 2.72. The Labute approximate surface area is 116 Å². The van der Waals surface area contributed by atoms with Gasteiger partial charge in [0.2, 0.25) is 0 Å². The Morgan fingerprint density at radius 3 is 2.65 bits per heavy atom. The number of carbonyl (C=O) groups is 2. The summed E-state index contributed by atoms with van der Waals surface area (Å²) in [4.78, 5) is 26.5. The number of amides is 1. The molecule has 1 atom stereocenters. The van der Waals surface area contributed by atoms with E-state index >= 15 is 0 Å². The van der Waals surface area contributed by atoms with Gasteiger partial charge in [-0.2, -0.15) is 13.2 Å². The molecule has 0 aliphatic rings. The third kappa shape index (κ3) is 5.16. The lowest BCUT2D eigenvalue weighted by Crippen LogP contribution is -2.43. The number of carbonyl (C=O) groups excluding carboxylic acids is 1. The largest absolute Gasteiger partial charge is 0.480 e. The van der Waals surface area contributed by atoms with Crippen molar-refractivity contribution in [2.24, 2.45) is 0 Å². The van der Waals surface area contributed by atoms with E-state index in [2.05, 4.69) is 4.98 Å². The number of aliphatic carboxylic acids is 1. The van der Waals surface area contributed by atoms with E-state index in [1.807, 2.05) is 12.2 Å². The lowest BCUT2D eigenvalue weighted by Gasteiger charge is -2.15. The molecular formula is C11H13F3N2O3S. The normalized spacial score (nSPS) is 13.0. The Kier molecular flexibility index (Phi) is 5.49. The number of aromatic nitrogens is 1. The number of hydrogen-bond donors (Lipinski definition) is 2. The lowest BCUT2D eigenvalue weighted by atomic mass is 10.2. The van der Waals surface area contributed by atoms with Gasteiger partial charge < -0.3 is 10.4 Å². The van der Waals surface area contributed by atoms with Crippen LogP contribution in [0.3, 0.4) is 0 Å². The average molecular weight is 310 g/mol. The van der Waals surface area contributed by atoms with E-state index in [0.29, 0.717) is 11.4 Å². The van der Waals surface area contributed by atoms with Gasteiger partial charge in [0.1, 0.15) is 10.9 Å². The Hall–Kier alpha value is -1.64. The smallest absolute Gasteiger partial charge is 0.391 e. The summed E-state index contributed by atoms with van der Waals surface area (Å²) in [5, 5.41) is 11.2. The highest BCUT2D eigenvalue weighted by molar-refractivity contribution is 7.13. The number of nitrogens with zero attached hydrogens (tertiary/aromatic N) is 1. The molecule has 1 amide bonds. The molecule has 0 aliphatic carbocycles. The van der Waals surface area contributed by atoms with Crippen molar-refractivity contribution in [3.8, 4) is 0 Å². The van der Waals surface area contributed by atoms with Crippen molar-refractivity contribution in [1.82, 2.24) is 10.3 Å². The van der Waals surface area contributed by atoms with Crippen molar-refractivity contribution in [2.45, 2.75) is 38.4 Å². The van der Waals surface area contributed by atoms with Crippen LogP contribution in [0.15, 0.2) is 6.20 Å². The highest BCUT2D eigenvalue weighted by atomic mass is 32.1. The maximum atomic E-state index is 12.2. The van der Waals surface area contributed by atoms with Gasteiger partial charge in [-0.1, -0.05) is 6.92 Å².